The second-order valence-corrected chi connectivity index (χ2v) is 11.3. The number of fused-ring (bicyclic) bond motifs is 1. The van der Waals surface area contributed by atoms with Gasteiger partial charge >= 0.3 is 0 Å². The molecule has 1 amide bonds. The zero-order valence-corrected chi connectivity index (χ0v) is 26.5. The standard InChI is InChI=1S/C37H37FN4O5/c1-44-28-10-7-25(8-11-28)26-13-15-40-32(21-26)37(43)41-27-9-12-34(30(38)22-27)47-33-14-16-39-31-24-36(35(45-2)23-29(31)33)46-20-6-19-42-17-4-3-5-18-42/h7-16,21-24H,3-6,17-20H2,1-2H3,(H,41,43). The van der Waals surface area contributed by atoms with Crippen LogP contribution in [0.4, 0.5) is 10.1 Å². The first-order valence-electron chi connectivity index (χ1n) is 15.7. The predicted octanol–water partition coefficient (Wildman–Crippen LogP) is 7.75. The summed E-state index contributed by atoms with van der Waals surface area (Å²) in [5, 5.41) is 3.36. The lowest BCUT2D eigenvalue weighted by atomic mass is 10.1. The maximum Gasteiger partial charge on any atom is 0.274 e. The molecule has 6 rings (SSSR count). The Labute approximate surface area is 273 Å². The lowest BCUT2D eigenvalue weighted by molar-refractivity contribution is 0.102. The number of pyridine rings is 2. The molecule has 0 radical (unpaired) electrons. The number of likely N-dealkylation sites (tertiary alicyclic amines) is 1. The molecular formula is C37H37FN4O5. The lowest BCUT2D eigenvalue weighted by Gasteiger charge is -2.26. The summed E-state index contributed by atoms with van der Waals surface area (Å²) < 4.78 is 38.2. The predicted molar refractivity (Wildman–Crippen MR) is 179 cm³/mol. The topological polar surface area (TPSA) is 95.0 Å². The molecule has 2 aromatic heterocycles. The van der Waals surface area contributed by atoms with Gasteiger partial charge in [-0.2, -0.15) is 0 Å². The largest absolute Gasteiger partial charge is 0.497 e. The van der Waals surface area contributed by atoms with Gasteiger partial charge in [0.05, 0.1) is 26.3 Å². The fourth-order valence-electron chi connectivity index (χ4n) is 5.64. The summed E-state index contributed by atoms with van der Waals surface area (Å²) in [7, 11) is 3.18. The van der Waals surface area contributed by atoms with Crippen molar-refractivity contribution in [3.05, 3.63) is 96.7 Å². The van der Waals surface area contributed by atoms with Gasteiger partial charge in [-0.1, -0.05) is 18.6 Å². The third kappa shape index (κ3) is 7.78. The summed E-state index contributed by atoms with van der Waals surface area (Å²) in [6, 6.07) is 20.5. The Hall–Kier alpha value is -5.22. The van der Waals surface area contributed by atoms with Gasteiger partial charge in [0.25, 0.3) is 5.91 Å². The summed E-state index contributed by atoms with van der Waals surface area (Å²) in [6.07, 6.45) is 7.92. The molecule has 47 heavy (non-hydrogen) atoms. The van der Waals surface area contributed by atoms with Crippen LogP contribution in [0.5, 0.6) is 28.7 Å². The van der Waals surface area contributed by atoms with Gasteiger partial charge in [0.15, 0.2) is 23.1 Å². The van der Waals surface area contributed by atoms with Crippen LogP contribution in [0.25, 0.3) is 22.0 Å². The molecule has 1 fully saturated rings. The number of hydrogen-bond donors (Lipinski definition) is 1. The van der Waals surface area contributed by atoms with Crippen LogP contribution in [0.15, 0.2) is 85.2 Å². The van der Waals surface area contributed by atoms with Crippen LogP contribution in [0.1, 0.15) is 36.2 Å². The van der Waals surface area contributed by atoms with E-state index in [4.69, 9.17) is 18.9 Å². The highest BCUT2D eigenvalue weighted by molar-refractivity contribution is 6.03. The normalized spacial score (nSPS) is 13.3. The first-order chi connectivity index (χ1) is 23.0. The average molecular weight is 637 g/mol. The SMILES string of the molecule is COc1ccc(-c2ccnc(C(=O)Nc3ccc(Oc4ccnc5cc(OCCCN6CCCCC6)c(OC)cc45)c(F)c3)c2)cc1. The zero-order chi connectivity index (χ0) is 32.6. The Kier molecular flexibility index (Phi) is 10.1. The number of piperidine rings is 1. The Morgan fingerprint density at radius 3 is 2.38 bits per heavy atom. The first-order valence-corrected chi connectivity index (χ1v) is 15.7. The quantitative estimate of drug-likeness (QED) is 0.139. The van der Waals surface area contributed by atoms with E-state index < -0.39 is 11.7 Å². The van der Waals surface area contributed by atoms with Crippen molar-refractivity contribution < 1.29 is 28.1 Å². The van der Waals surface area contributed by atoms with E-state index in [0.29, 0.717) is 34.8 Å². The summed E-state index contributed by atoms with van der Waals surface area (Å²) in [5.74, 6) is 1.15. The average Bonchev–Trinajstić information content (AvgIpc) is 3.11. The van der Waals surface area contributed by atoms with E-state index in [9.17, 15) is 4.79 Å². The molecule has 0 atom stereocenters. The van der Waals surface area contributed by atoms with Crippen molar-refractivity contribution in [3.63, 3.8) is 0 Å². The van der Waals surface area contributed by atoms with Gasteiger partial charge in [0, 0.05) is 42.1 Å². The first kappa shape index (κ1) is 31.7. The number of nitrogens with one attached hydrogen (secondary N) is 1. The van der Waals surface area contributed by atoms with Crippen LogP contribution in [0.3, 0.4) is 0 Å². The van der Waals surface area contributed by atoms with E-state index in [2.05, 4.69) is 20.2 Å². The molecule has 0 unspecified atom stereocenters. The van der Waals surface area contributed by atoms with Gasteiger partial charge in [-0.05, 0) is 92.0 Å². The molecule has 1 aliphatic heterocycles. The summed E-state index contributed by atoms with van der Waals surface area (Å²) >= 11 is 0. The Balaban J connectivity index is 1.12. The molecule has 9 nitrogen and oxygen atoms in total. The van der Waals surface area contributed by atoms with Crippen LogP contribution in [0.2, 0.25) is 0 Å². The van der Waals surface area contributed by atoms with Gasteiger partial charge in [-0.15, -0.1) is 0 Å². The molecule has 0 aliphatic carbocycles. The number of benzene rings is 3. The van der Waals surface area contributed by atoms with E-state index in [0.717, 1.165) is 42.9 Å². The number of amides is 1. The van der Waals surface area contributed by atoms with E-state index >= 15 is 4.39 Å². The number of methoxy groups -OCH3 is 2. The fraction of sp³-hybridized carbons (Fsp3) is 0.270. The van der Waals surface area contributed by atoms with Gasteiger partial charge in [0.1, 0.15) is 17.2 Å². The lowest BCUT2D eigenvalue weighted by Crippen LogP contribution is -2.31. The number of rotatable bonds is 12. The van der Waals surface area contributed by atoms with Crippen molar-refractivity contribution >= 4 is 22.5 Å². The molecule has 1 saturated heterocycles. The van der Waals surface area contributed by atoms with Crippen LogP contribution >= 0.6 is 0 Å². The van der Waals surface area contributed by atoms with Crippen molar-refractivity contribution in [2.45, 2.75) is 25.7 Å². The van der Waals surface area contributed by atoms with Crippen molar-refractivity contribution in [3.8, 4) is 39.9 Å². The van der Waals surface area contributed by atoms with Gasteiger partial charge in [-0.25, -0.2) is 4.39 Å². The molecule has 10 heteroatoms. The third-order valence-electron chi connectivity index (χ3n) is 8.14. The highest BCUT2D eigenvalue weighted by Crippen LogP contribution is 2.38. The highest BCUT2D eigenvalue weighted by atomic mass is 19.1. The molecule has 3 heterocycles. The molecule has 0 saturated carbocycles. The third-order valence-corrected chi connectivity index (χ3v) is 8.14. The Morgan fingerprint density at radius 2 is 1.62 bits per heavy atom. The number of carbonyl (C=O) groups excluding carboxylic acids is 1. The molecule has 3 aromatic carbocycles. The van der Waals surface area contributed by atoms with Crippen molar-refractivity contribution in [1.29, 1.82) is 0 Å². The Bertz CT molecular complexity index is 1840. The van der Waals surface area contributed by atoms with Crippen LogP contribution in [-0.4, -0.2) is 61.2 Å². The number of hydrogen-bond acceptors (Lipinski definition) is 8. The van der Waals surface area contributed by atoms with E-state index in [1.165, 1.54) is 31.4 Å². The maximum absolute atomic E-state index is 15.3. The monoisotopic (exact) mass is 636 g/mol. The minimum atomic E-state index is -0.645. The van der Waals surface area contributed by atoms with Crippen molar-refractivity contribution in [2.24, 2.45) is 0 Å². The second kappa shape index (κ2) is 14.9. The number of aromatic nitrogens is 2. The Morgan fingerprint density at radius 1 is 0.809 bits per heavy atom. The molecule has 1 aliphatic rings. The fourth-order valence-corrected chi connectivity index (χ4v) is 5.64. The van der Waals surface area contributed by atoms with Gasteiger partial charge < -0.3 is 29.2 Å². The minimum absolute atomic E-state index is 0.00728. The van der Waals surface area contributed by atoms with E-state index in [1.54, 1.807) is 50.9 Å². The van der Waals surface area contributed by atoms with Gasteiger partial charge in [0.2, 0.25) is 0 Å². The smallest absolute Gasteiger partial charge is 0.274 e. The summed E-state index contributed by atoms with van der Waals surface area (Å²) in [4.78, 5) is 24.2. The number of ether oxygens (including phenoxy) is 4. The van der Waals surface area contributed by atoms with Crippen LogP contribution in [0, 0.1) is 5.82 Å². The summed E-state index contributed by atoms with van der Waals surface area (Å²) in [6.45, 7) is 3.88. The number of nitrogens with zero attached hydrogens (tertiary/aromatic N) is 3. The molecular weight excluding hydrogens is 599 g/mol. The highest BCUT2D eigenvalue weighted by Gasteiger charge is 2.16. The molecule has 1 N–H and O–H groups in total. The number of carbonyl (C=O) groups is 1. The van der Waals surface area contributed by atoms with Crippen LogP contribution in [-0.2, 0) is 0 Å². The molecule has 0 bridgehead atoms. The number of anilines is 1. The molecule has 0 spiro atoms. The van der Waals surface area contributed by atoms with Crippen LogP contribution < -0.4 is 24.3 Å². The minimum Gasteiger partial charge on any atom is -0.497 e. The molecule has 242 valence electrons. The van der Waals surface area contributed by atoms with Gasteiger partial charge in [-0.3, -0.25) is 14.8 Å². The van der Waals surface area contributed by atoms with E-state index in [1.807, 2.05) is 36.4 Å². The molecule has 5 aromatic rings. The maximum atomic E-state index is 15.3. The zero-order valence-electron chi connectivity index (χ0n) is 26.5. The second-order valence-electron chi connectivity index (χ2n) is 11.3. The van der Waals surface area contributed by atoms with E-state index in [-0.39, 0.29) is 17.1 Å². The number of halogens is 1. The van der Waals surface area contributed by atoms with Crippen molar-refractivity contribution in [2.75, 3.05) is 45.8 Å². The van der Waals surface area contributed by atoms with Crippen molar-refractivity contribution in [1.82, 2.24) is 14.9 Å². The summed E-state index contributed by atoms with van der Waals surface area (Å²) in [5.41, 5.74) is 2.81.